The molecule has 6 unspecified atom stereocenters. The van der Waals surface area contributed by atoms with Gasteiger partial charge >= 0.3 is 6.16 Å². The van der Waals surface area contributed by atoms with E-state index >= 15 is 0 Å². The zero-order valence-electron chi connectivity index (χ0n) is 28.8. The number of aryl methyl sites for hydroxylation is 1. The number of hydrogen-bond donors (Lipinski definition) is 2. The van der Waals surface area contributed by atoms with Gasteiger partial charge in [0.2, 0.25) is 0 Å². The third kappa shape index (κ3) is 10.0. The molecule has 0 bridgehead atoms. The number of carbonyl (C=O) groups is 1. The van der Waals surface area contributed by atoms with Crippen LogP contribution in [0.4, 0.5) is 13.6 Å². The molecule has 1 saturated heterocycles. The van der Waals surface area contributed by atoms with E-state index in [4.69, 9.17) is 22.7 Å². The maximum absolute atomic E-state index is 12.9. The third-order valence-corrected chi connectivity index (χ3v) is 11.0. The van der Waals surface area contributed by atoms with Gasteiger partial charge in [-0.1, -0.05) is 47.1 Å². The number of nitrogens with zero attached hydrogens (tertiary/aromatic N) is 1. The van der Waals surface area contributed by atoms with Crippen LogP contribution in [0.3, 0.4) is 0 Å². The average molecular weight is 652 g/mol. The van der Waals surface area contributed by atoms with E-state index in [0.29, 0.717) is 41.1 Å². The molecule has 3 fully saturated rings. The average Bonchev–Trinajstić information content (AvgIpc) is 3.52. The van der Waals surface area contributed by atoms with Crippen molar-refractivity contribution in [3.63, 3.8) is 0 Å². The number of carbonyl (C=O) groups excluding carboxylic acids is 1. The van der Waals surface area contributed by atoms with Gasteiger partial charge in [0.15, 0.2) is 0 Å². The van der Waals surface area contributed by atoms with Gasteiger partial charge in [0.05, 0.1) is 11.0 Å². The number of rotatable bonds is 6. The maximum Gasteiger partial charge on any atom is 0.514 e. The number of likely N-dealkylation sites (N-methyl/N-ethyl adjacent to an activating group) is 1. The van der Waals surface area contributed by atoms with Gasteiger partial charge in [-0.2, -0.15) is 12.6 Å². The summed E-state index contributed by atoms with van der Waals surface area (Å²) in [4.78, 5) is 14.3. The van der Waals surface area contributed by atoms with Crippen LogP contribution in [0, 0.1) is 28.1 Å². The highest BCUT2D eigenvalue weighted by Gasteiger charge is 2.52. The van der Waals surface area contributed by atoms with E-state index in [1.807, 2.05) is 13.1 Å². The van der Waals surface area contributed by atoms with Crippen molar-refractivity contribution in [1.82, 2.24) is 4.90 Å². The molecule has 2 saturated carbocycles. The van der Waals surface area contributed by atoms with E-state index in [-0.39, 0.29) is 17.9 Å². The minimum absolute atomic E-state index is 0.0624. The molecule has 46 heavy (non-hydrogen) atoms. The lowest BCUT2D eigenvalue weighted by atomic mass is 9.50. The molecule has 6 atom stereocenters. The van der Waals surface area contributed by atoms with Crippen LogP contribution in [-0.2, 0) is 11.2 Å². The van der Waals surface area contributed by atoms with Gasteiger partial charge < -0.3 is 19.8 Å². The number of likely N-dealkylation sites (tertiary alicyclic amines) is 1. The van der Waals surface area contributed by atoms with Crippen molar-refractivity contribution in [2.24, 2.45) is 22.7 Å². The molecule has 1 aromatic carbocycles. The summed E-state index contributed by atoms with van der Waals surface area (Å²) >= 11 is 3.80. The molecular formula is C35H53B3F2N2O3S. The van der Waals surface area contributed by atoms with Gasteiger partial charge in [-0.3, -0.25) is 8.78 Å². The van der Waals surface area contributed by atoms with Crippen molar-refractivity contribution in [3.05, 3.63) is 29.3 Å². The molecule has 1 N–H and O–H groups in total. The lowest BCUT2D eigenvalue weighted by molar-refractivity contribution is 0.0626. The number of benzene rings is 1. The van der Waals surface area contributed by atoms with E-state index in [9.17, 15) is 13.6 Å². The van der Waals surface area contributed by atoms with E-state index in [0.717, 1.165) is 44.5 Å². The topological polar surface area (TPSA) is 62.6 Å². The number of alkyl halides is 2. The van der Waals surface area contributed by atoms with Gasteiger partial charge in [-0.15, -0.1) is 0 Å². The summed E-state index contributed by atoms with van der Waals surface area (Å²) in [5.41, 5.74) is -1.21. The predicted octanol–water partition coefficient (Wildman–Crippen LogP) is 7.72. The summed E-state index contributed by atoms with van der Waals surface area (Å²) in [6.07, 6.45) is 8.30. The maximum atomic E-state index is 12.9. The summed E-state index contributed by atoms with van der Waals surface area (Å²) in [5, 5.41) is 8.44. The first-order chi connectivity index (χ1) is 21.3. The third-order valence-electron chi connectivity index (χ3n) is 10.7. The Morgan fingerprint density at radius 3 is 2.37 bits per heavy atom. The summed E-state index contributed by atoms with van der Waals surface area (Å²) in [5.74, 6) is 2.97. The van der Waals surface area contributed by atoms with Crippen LogP contribution in [-0.4, -0.2) is 83.3 Å². The van der Waals surface area contributed by atoms with E-state index < -0.39 is 17.2 Å². The first-order valence-corrected chi connectivity index (χ1v) is 17.6. The molecule has 0 spiro atoms. The SMILES string of the molecule is CCC(C)(C)C.CN1CCC(OC(=O)Oc2ccc3c(c2)CCC2C3CCC3(C)C(=N)CCC23)C1.[B]C([B])(F)C([B])(F)CCCS. The first-order valence-electron chi connectivity index (χ1n) is 16.9. The second-order valence-electron chi connectivity index (χ2n) is 15.3. The van der Waals surface area contributed by atoms with Crippen molar-refractivity contribution in [2.45, 2.75) is 122 Å². The number of halogens is 2. The van der Waals surface area contributed by atoms with Crippen LogP contribution in [0.15, 0.2) is 18.2 Å². The summed E-state index contributed by atoms with van der Waals surface area (Å²) in [7, 11) is 16.2. The lowest BCUT2D eigenvalue weighted by Crippen LogP contribution is -2.49. The fourth-order valence-corrected chi connectivity index (χ4v) is 7.37. The number of thiol groups is 1. The van der Waals surface area contributed by atoms with Crippen LogP contribution < -0.4 is 4.74 Å². The smallest absolute Gasteiger partial charge is 0.429 e. The Labute approximate surface area is 286 Å². The van der Waals surface area contributed by atoms with Crippen LogP contribution >= 0.6 is 12.6 Å². The van der Waals surface area contributed by atoms with Gasteiger partial charge in [0, 0.05) is 24.2 Å². The van der Waals surface area contributed by atoms with Gasteiger partial charge in [-0.05, 0) is 117 Å². The molecule has 5 nitrogen and oxygen atoms in total. The van der Waals surface area contributed by atoms with Crippen LogP contribution in [0.5, 0.6) is 5.75 Å². The Morgan fingerprint density at radius 2 is 1.80 bits per heavy atom. The van der Waals surface area contributed by atoms with E-state index in [1.54, 1.807) is 0 Å². The number of nitrogens with one attached hydrogen (secondary N) is 1. The highest BCUT2D eigenvalue weighted by molar-refractivity contribution is 7.80. The number of ether oxygens (including phenoxy) is 2. The van der Waals surface area contributed by atoms with Crippen LogP contribution in [0.25, 0.3) is 0 Å². The Hall–Kier alpha value is -1.48. The highest BCUT2D eigenvalue weighted by Crippen LogP contribution is 2.59. The van der Waals surface area contributed by atoms with Crippen molar-refractivity contribution in [3.8, 4) is 5.75 Å². The molecule has 6 radical (unpaired) electrons. The first kappa shape index (κ1) is 39.0. The molecule has 4 aliphatic rings. The highest BCUT2D eigenvalue weighted by atomic mass is 32.1. The monoisotopic (exact) mass is 652 g/mol. The zero-order chi connectivity index (χ0) is 34.5. The van der Waals surface area contributed by atoms with Crippen LogP contribution in [0.1, 0.15) is 109 Å². The normalized spacial score (nSPS) is 28.7. The van der Waals surface area contributed by atoms with Crippen molar-refractivity contribution in [1.29, 1.82) is 5.41 Å². The van der Waals surface area contributed by atoms with E-state index in [2.05, 4.69) is 80.0 Å². The van der Waals surface area contributed by atoms with Gasteiger partial charge in [0.25, 0.3) is 0 Å². The summed E-state index contributed by atoms with van der Waals surface area (Å²) in [6.45, 7) is 13.0. The molecule has 1 aliphatic heterocycles. The molecule has 0 amide bonds. The molecule has 5 rings (SSSR count). The van der Waals surface area contributed by atoms with Crippen molar-refractivity contribution in [2.75, 3.05) is 25.9 Å². The van der Waals surface area contributed by atoms with Gasteiger partial charge in [0.1, 0.15) is 35.4 Å². The zero-order valence-corrected chi connectivity index (χ0v) is 29.7. The summed E-state index contributed by atoms with van der Waals surface area (Å²) < 4.78 is 36.4. The molecule has 1 aromatic rings. The lowest BCUT2D eigenvalue weighted by Gasteiger charge is -2.49. The minimum Gasteiger partial charge on any atom is -0.429 e. The minimum atomic E-state index is -2.98. The van der Waals surface area contributed by atoms with Gasteiger partial charge in [-0.25, -0.2) is 4.79 Å². The van der Waals surface area contributed by atoms with E-state index in [1.165, 1.54) is 36.8 Å². The largest absolute Gasteiger partial charge is 0.514 e. The Kier molecular flexibility index (Phi) is 13.4. The molecule has 3 aliphatic carbocycles. The molecule has 0 aromatic heterocycles. The number of fused-ring (bicyclic) bond motifs is 5. The second-order valence-corrected chi connectivity index (χ2v) is 15.7. The van der Waals surface area contributed by atoms with Crippen molar-refractivity contribution >= 4 is 48.0 Å². The number of hydrogen-bond acceptors (Lipinski definition) is 6. The molecular weight excluding hydrogens is 599 g/mol. The summed E-state index contributed by atoms with van der Waals surface area (Å²) in [6, 6.07) is 6.17. The molecule has 250 valence electrons. The fraction of sp³-hybridized carbons (Fsp3) is 0.771. The standard InChI is InChI=1S/C24H32N2O3.C6H14.C5H7B3F2S/c1-24-11-9-19-18-6-4-16(28-23(27)29-17-10-12-26(2)14-17)13-15(18)3-5-20(19)21(24)7-8-22(24)25;1-5-6(2,3)4;6-4(9,2-1-3-11)5(7,8)10/h4,6,13,17,19-21,25H,3,5,7-12,14H2,1-2H3;5H2,1-4H3;11H,1-3H2. The second kappa shape index (κ2) is 15.8. The van der Waals surface area contributed by atoms with Crippen molar-refractivity contribution < 1.29 is 23.0 Å². The predicted molar refractivity (Wildman–Crippen MR) is 190 cm³/mol. The Bertz CT molecular complexity index is 1190. The molecule has 1 heterocycles. The molecule has 11 heteroatoms. The van der Waals surface area contributed by atoms with Crippen LogP contribution in [0.2, 0.25) is 0 Å². The Morgan fingerprint density at radius 1 is 1.13 bits per heavy atom. The fourth-order valence-electron chi connectivity index (χ4n) is 7.21. The quantitative estimate of drug-likeness (QED) is 0.143. The Balaban J connectivity index is 0.000000282.